The summed E-state index contributed by atoms with van der Waals surface area (Å²) in [7, 11) is -1.89. The first-order valence-corrected chi connectivity index (χ1v) is 17.8. The molecule has 4 rings (SSSR count). The van der Waals surface area contributed by atoms with Crippen molar-refractivity contribution in [1.82, 2.24) is 4.90 Å². The van der Waals surface area contributed by atoms with E-state index in [1.807, 2.05) is 0 Å². The molecule has 1 atom stereocenters. The first kappa shape index (κ1) is 29.5. The maximum Gasteiger partial charge on any atom is 0.192 e. The molecule has 0 aromatic heterocycles. The molecule has 5 heteroatoms. The summed E-state index contributed by atoms with van der Waals surface area (Å²) in [6.45, 7) is 15.3. The summed E-state index contributed by atoms with van der Waals surface area (Å²) in [6, 6.07) is 32.6. The third-order valence-electron chi connectivity index (χ3n) is 8.40. The van der Waals surface area contributed by atoms with Gasteiger partial charge in [0.05, 0.1) is 12.1 Å². The summed E-state index contributed by atoms with van der Waals surface area (Å²) in [6.07, 6.45) is 3.18. The normalized spacial score (nSPS) is 18.3. The second-order valence-electron chi connectivity index (χ2n) is 12.0. The summed E-state index contributed by atoms with van der Waals surface area (Å²) in [4.78, 5) is 14.9. The second-order valence-corrected chi connectivity index (χ2v) is 18.2. The van der Waals surface area contributed by atoms with Crippen LogP contribution in [0.4, 0.5) is 0 Å². The molecule has 0 N–H and O–H groups in total. The number of hydrogen-bond donors (Lipinski definition) is 0. The minimum atomic E-state index is -1.89. The quantitative estimate of drug-likeness (QED) is 0.158. The van der Waals surface area contributed by atoms with Gasteiger partial charge in [-0.1, -0.05) is 130 Å². The molecule has 0 spiro atoms. The van der Waals surface area contributed by atoms with Gasteiger partial charge in [0.2, 0.25) is 0 Å². The number of likely N-dealkylation sites (tertiary alicyclic amines) is 1. The molecule has 3 aromatic rings. The Morgan fingerprint density at radius 2 is 1.36 bits per heavy atom. The van der Waals surface area contributed by atoms with E-state index in [4.69, 9.17) is 4.43 Å². The minimum absolute atomic E-state index is 0.153. The summed E-state index contributed by atoms with van der Waals surface area (Å²) >= 11 is 1.47. The Bertz CT molecular complexity index is 1160. The molecule has 39 heavy (non-hydrogen) atoms. The highest BCUT2D eigenvalue weighted by atomic mass is 32.2. The van der Waals surface area contributed by atoms with Crippen molar-refractivity contribution in [2.24, 2.45) is 0 Å². The molecule has 206 valence electrons. The van der Waals surface area contributed by atoms with Gasteiger partial charge in [0.1, 0.15) is 0 Å². The lowest BCUT2D eigenvalue weighted by atomic mass is 9.74. The zero-order valence-electron chi connectivity index (χ0n) is 24.3. The van der Waals surface area contributed by atoms with Crippen molar-refractivity contribution >= 4 is 25.2 Å². The topological polar surface area (TPSA) is 29.5 Å². The van der Waals surface area contributed by atoms with E-state index in [9.17, 15) is 4.79 Å². The third kappa shape index (κ3) is 6.49. The maximum absolute atomic E-state index is 12.3. The maximum atomic E-state index is 12.3. The second kappa shape index (κ2) is 12.4. The number of nitrogens with zero attached hydrogens (tertiary/aromatic N) is 1. The first-order chi connectivity index (χ1) is 18.6. The molecular weight excluding hydrogens is 515 g/mol. The van der Waals surface area contributed by atoms with Crippen molar-refractivity contribution in [3.8, 4) is 0 Å². The molecule has 1 unspecified atom stereocenters. The Morgan fingerprint density at radius 3 is 1.77 bits per heavy atom. The van der Waals surface area contributed by atoms with Gasteiger partial charge in [0.25, 0.3) is 0 Å². The number of carbonyl (C=O) groups is 1. The molecule has 0 saturated carbocycles. The summed E-state index contributed by atoms with van der Waals surface area (Å²) in [5.74, 6) is 0. The van der Waals surface area contributed by atoms with E-state index < -0.39 is 13.9 Å². The summed E-state index contributed by atoms with van der Waals surface area (Å²) in [5, 5.41) is 0.493. The van der Waals surface area contributed by atoms with Crippen LogP contribution in [0.2, 0.25) is 18.1 Å². The highest BCUT2D eigenvalue weighted by Crippen LogP contribution is 2.45. The molecule has 1 fully saturated rings. The molecule has 1 aliphatic rings. The van der Waals surface area contributed by atoms with Crippen molar-refractivity contribution in [3.63, 3.8) is 0 Å². The van der Waals surface area contributed by atoms with Gasteiger partial charge in [-0.05, 0) is 46.8 Å². The highest BCUT2D eigenvalue weighted by molar-refractivity contribution is 8.14. The Kier molecular flexibility index (Phi) is 9.38. The van der Waals surface area contributed by atoms with Crippen molar-refractivity contribution < 1.29 is 9.22 Å². The fourth-order valence-electron chi connectivity index (χ4n) is 5.34. The lowest BCUT2D eigenvalue weighted by Gasteiger charge is -2.49. The van der Waals surface area contributed by atoms with E-state index in [0.717, 1.165) is 19.5 Å². The molecule has 0 aliphatic carbocycles. The largest absolute Gasteiger partial charge is 0.413 e. The smallest absolute Gasteiger partial charge is 0.192 e. The third-order valence-corrected chi connectivity index (χ3v) is 14.1. The van der Waals surface area contributed by atoms with Crippen LogP contribution in [0.5, 0.6) is 0 Å². The van der Waals surface area contributed by atoms with Crippen molar-refractivity contribution in [2.75, 3.05) is 19.7 Å². The van der Waals surface area contributed by atoms with Crippen LogP contribution in [0, 0.1) is 0 Å². The van der Waals surface area contributed by atoms with Gasteiger partial charge in [-0.15, -0.1) is 0 Å². The molecular formula is C34H43NO2SSi. The zero-order valence-corrected chi connectivity index (χ0v) is 26.1. The molecule has 0 amide bonds. The monoisotopic (exact) mass is 557 g/mol. The number of piperidine rings is 1. The van der Waals surface area contributed by atoms with E-state index >= 15 is 0 Å². The molecule has 0 radical (unpaired) electrons. The van der Waals surface area contributed by atoms with Crippen molar-refractivity contribution in [1.29, 1.82) is 0 Å². The van der Waals surface area contributed by atoms with Crippen molar-refractivity contribution in [2.45, 2.75) is 63.0 Å². The Hall–Kier alpha value is -2.44. The van der Waals surface area contributed by atoms with Gasteiger partial charge in [0, 0.05) is 25.3 Å². The van der Waals surface area contributed by atoms with Gasteiger partial charge in [-0.2, -0.15) is 0 Å². The first-order valence-electron chi connectivity index (χ1n) is 14.0. The lowest BCUT2D eigenvalue weighted by molar-refractivity contribution is -0.109. The van der Waals surface area contributed by atoms with Gasteiger partial charge in [-0.25, -0.2) is 0 Å². The number of benzene rings is 3. The Morgan fingerprint density at radius 1 is 0.897 bits per heavy atom. The van der Waals surface area contributed by atoms with Crippen LogP contribution in [0.15, 0.2) is 103 Å². The molecule has 1 aliphatic heterocycles. The van der Waals surface area contributed by atoms with Gasteiger partial charge in [-0.3, -0.25) is 9.69 Å². The van der Waals surface area contributed by atoms with Crippen LogP contribution in [0.25, 0.3) is 0 Å². The van der Waals surface area contributed by atoms with E-state index in [1.54, 1.807) is 6.92 Å². The molecule has 1 saturated heterocycles. The van der Waals surface area contributed by atoms with Gasteiger partial charge < -0.3 is 4.43 Å². The number of rotatable bonds is 8. The average Bonchev–Trinajstić information content (AvgIpc) is 2.91. The van der Waals surface area contributed by atoms with Crippen LogP contribution in [0.3, 0.4) is 0 Å². The molecule has 0 bridgehead atoms. The van der Waals surface area contributed by atoms with Crippen LogP contribution in [-0.2, 0) is 14.8 Å². The molecule has 3 nitrogen and oxygen atoms in total. The van der Waals surface area contributed by atoms with Gasteiger partial charge >= 0.3 is 0 Å². The minimum Gasteiger partial charge on any atom is -0.413 e. The average molecular weight is 558 g/mol. The highest BCUT2D eigenvalue weighted by Gasteiger charge is 2.44. The summed E-state index contributed by atoms with van der Waals surface area (Å²) in [5.41, 5.74) is 4.56. The van der Waals surface area contributed by atoms with Crippen molar-refractivity contribution in [3.05, 3.63) is 119 Å². The SMILES string of the molecule is CC(=O)SC1CCN(C(c2ccccc2)(c2ccccc2)c2ccccc2)C/C1=C/CO[Si](C)(C)C(C)(C)C. The number of carbonyl (C=O) groups excluding carboxylic acids is 1. The van der Waals surface area contributed by atoms with Gasteiger partial charge in [0.15, 0.2) is 13.4 Å². The zero-order chi connectivity index (χ0) is 28.1. The van der Waals surface area contributed by atoms with Crippen LogP contribution < -0.4 is 0 Å². The fourth-order valence-corrected chi connectivity index (χ4v) is 7.22. The Labute approximate surface area is 240 Å². The van der Waals surface area contributed by atoms with Crippen LogP contribution in [-0.4, -0.2) is 43.3 Å². The van der Waals surface area contributed by atoms with Crippen LogP contribution in [0.1, 0.15) is 50.8 Å². The predicted octanol–water partition coefficient (Wildman–Crippen LogP) is 8.28. The summed E-state index contributed by atoms with van der Waals surface area (Å²) < 4.78 is 6.57. The predicted molar refractivity (Wildman–Crippen MR) is 169 cm³/mol. The molecule has 3 aromatic carbocycles. The number of thioether (sulfide) groups is 1. The number of hydrogen-bond acceptors (Lipinski definition) is 4. The lowest BCUT2D eigenvalue weighted by Crippen LogP contribution is -2.52. The Balaban J connectivity index is 1.81. The fraction of sp³-hybridized carbons (Fsp3) is 0.382. The van der Waals surface area contributed by atoms with E-state index in [0.29, 0.717) is 6.61 Å². The van der Waals surface area contributed by atoms with E-state index in [2.05, 4.69) is 136 Å². The van der Waals surface area contributed by atoms with E-state index in [1.165, 1.54) is 34.0 Å². The van der Waals surface area contributed by atoms with E-state index in [-0.39, 0.29) is 15.4 Å². The van der Waals surface area contributed by atoms with Crippen LogP contribution >= 0.6 is 11.8 Å². The standard InChI is InChI=1S/C34H43NO2SSi/c1-27(36)38-32-22-24-35(26-28(32)23-25-37-39(5,6)33(2,3)4)34(29-16-10-7-11-17-29,30-18-12-8-13-19-30)31-20-14-9-15-21-31/h7-21,23,32H,22,24-26H2,1-6H3/b28-23-. The molecule has 1 heterocycles.